The molecule has 1 aromatic carbocycles. The standard InChI is InChI=1S/C23H34FN3O6/c1-14(2)10-16(13-27(31)32)20(28)26-19(23(3,4)5)21(29)25-18(22(30)33-6)12-15-8-7-9-17(24)11-15/h7-9,11,14,16,18-19H,10,12-13H2,1-6H3,(H,25,29)(H,26,28)/t16-,18+,19-/m1/s1. The predicted octanol–water partition coefficient (Wildman–Crippen LogP) is 2.50. The molecule has 0 aliphatic heterocycles. The van der Waals surface area contributed by atoms with Gasteiger partial charge in [-0.2, -0.15) is 0 Å². The lowest BCUT2D eigenvalue weighted by atomic mass is 9.85. The SMILES string of the molecule is COC(=O)[C@H](Cc1cccc(F)c1)NC(=O)[C@@H](NC(=O)[C@H](CC(C)C)C[N+](=O)[O-])C(C)(C)C. The van der Waals surface area contributed by atoms with E-state index in [2.05, 4.69) is 10.6 Å². The highest BCUT2D eigenvalue weighted by molar-refractivity contribution is 5.92. The molecule has 33 heavy (non-hydrogen) atoms. The van der Waals surface area contributed by atoms with E-state index in [1.54, 1.807) is 26.8 Å². The van der Waals surface area contributed by atoms with Crippen LogP contribution >= 0.6 is 0 Å². The number of nitrogens with one attached hydrogen (secondary N) is 2. The summed E-state index contributed by atoms with van der Waals surface area (Å²) in [6.07, 6.45) is 0.272. The first-order chi connectivity index (χ1) is 15.2. The van der Waals surface area contributed by atoms with E-state index in [1.807, 2.05) is 13.8 Å². The highest BCUT2D eigenvalue weighted by atomic mass is 19.1. The van der Waals surface area contributed by atoms with Gasteiger partial charge in [-0.3, -0.25) is 19.7 Å². The molecule has 2 amide bonds. The molecule has 9 nitrogen and oxygen atoms in total. The quantitative estimate of drug-likeness (QED) is 0.292. The van der Waals surface area contributed by atoms with E-state index in [1.165, 1.54) is 25.3 Å². The molecule has 184 valence electrons. The summed E-state index contributed by atoms with van der Waals surface area (Å²) in [5, 5.41) is 16.3. The summed E-state index contributed by atoms with van der Waals surface area (Å²) in [6.45, 7) is 8.32. The lowest BCUT2D eigenvalue weighted by Crippen LogP contribution is -2.58. The highest BCUT2D eigenvalue weighted by Gasteiger charge is 2.37. The molecule has 0 aliphatic carbocycles. The minimum Gasteiger partial charge on any atom is -0.467 e. The molecule has 10 heteroatoms. The smallest absolute Gasteiger partial charge is 0.328 e. The number of rotatable bonds is 11. The molecule has 0 aromatic heterocycles. The third-order valence-electron chi connectivity index (χ3n) is 5.04. The molecule has 0 fully saturated rings. The zero-order valence-corrected chi connectivity index (χ0v) is 20.0. The Morgan fingerprint density at radius 1 is 1.15 bits per heavy atom. The van der Waals surface area contributed by atoms with Gasteiger partial charge in [-0.05, 0) is 35.4 Å². The second kappa shape index (κ2) is 12.3. The van der Waals surface area contributed by atoms with Crippen LogP contribution in [0.2, 0.25) is 0 Å². The van der Waals surface area contributed by atoms with Crippen LogP contribution < -0.4 is 10.6 Å². The molecule has 0 heterocycles. The van der Waals surface area contributed by atoms with Crippen molar-refractivity contribution in [2.75, 3.05) is 13.7 Å². The van der Waals surface area contributed by atoms with Crippen molar-refractivity contribution < 1.29 is 28.4 Å². The van der Waals surface area contributed by atoms with Gasteiger partial charge < -0.3 is 15.4 Å². The number of nitro groups is 1. The summed E-state index contributed by atoms with van der Waals surface area (Å²) >= 11 is 0. The van der Waals surface area contributed by atoms with Crippen molar-refractivity contribution in [3.05, 3.63) is 45.8 Å². The Labute approximate surface area is 193 Å². The zero-order valence-electron chi connectivity index (χ0n) is 20.0. The number of benzene rings is 1. The van der Waals surface area contributed by atoms with Gasteiger partial charge in [-0.25, -0.2) is 9.18 Å². The normalized spacial score (nSPS) is 14.2. The topological polar surface area (TPSA) is 128 Å². The van der Waals surface area contributed by atoms with E-state index >= 15 is 0 Å². The maximum atomic E-state index is 13.5. The monoisotopic (exact) mass is 467 g/mol. The van der Waals surface area contributed by atoms with Crippen molar-refractivity contribution in [2.24, 2.45) is 17.3 Å². The van der Waals surface area contributed by atoms with Crippen LogP contribution in [0, 0.1) is 33.2 Å². The van der Waals surface area contributed by atoms with E-state index in [4.69, 9.17) is 4.74 Å². The first-order valence-corrected chi connectivity index (χ1v) is 10.8. The Balaban J connectivity index is 3.09. The number of ether oxygens (including phenoxy) is 1. The lowest BCUT2D eigenvalue weighted by molar-refractivity contribution is -0.486. The molecule has 0 saturated carbocycles. The van der Waals surface area contributed by atoms with Gasteiger partial charge in [-0.15, -0.1) is 0 Å². The van der Waals surface area contributed by atoms with Crippen LogP contribution in [0.1, 0.15) is 46.6 Å². The van der Waals surface area contributed by atoms with Crippen molar-refractivity contribution in [1.29, 1.82) is 0 Å². The fourth-order valence-electron chi connectivity index (χ4n) is 3.44. The maximum Gasteiger partial charge on any atom is 0.328 e. The average molecular weight is 468 g/mol. The van der Waals surface area contributed by atoms with Crippen molar-refractivity contribution in [1.82, 2.24) is 10.6 Å². The fraction of sp³-hybridized carbons (Fsp3) is 0.609. The third-order valence-corrected chi connectivity index (χ3v) is 5.04. The molecule has 0 aliphatic rings. The second-order valence-electron chi connectivity index (χ2n) is 9.57. The summed E-state index contributed by atoms with van der Waals surface area (Å²) < 4.78 is 18.3. The van der Waals surface area contributed by atoms with Gasteiger partial charge in [0.05, 0.1) is 7.11 Å². The number of hydrogen-bond donors (Lipinski definition) is 2. The number of hydrogen-bond acceptors (Lipinski definition) is 6. The van der Waals surface area contributed by atoms with Crippen LogP contribution in [-0.2, 0) is 25.5 Å². The Morgan fingerprint density at radius 3 is 2.27 bits per heavy atom. The molecule has 1 rings (SSSR count). The first-order valence-electron chi connectivity index (χ1n) is 10.8. The number of carbonyl (C=O) groups excluding carboxylic acids is 3. The van der Waals surface area contributed by atoms with Gasteiger partial charge in [0.25, 0.3) is 0 Å². The molecule has 0 radical (unpaired) electrons. The van der Waals surface area contributed by atoms with Crippen LogP contribution in [0.15, 0.2) is 24.3 Å². The number of esters is 1. The van der Waals surface area contributed by atoms with Crippen molar-refractivity contribution in [3.8, 4) is 0 Å². The highest BCUT2D eigenvalue weighted by Crippen LogP contribution is 2.22. The van der Waals surface area contributed by atoms with Gasteiger partial charge in [0.15, 0.2) is 0 Å². The van der Waals surface area contributed by atoms with Gasteiger partial charge in [0, 0.05) is 11.3 Å². The van der Waals surface area contributed by atoms with Gasteiger partial charge in [0.2, 0.25) is 18.4 Å². The molecule has 0 spiro atoms. The minimum absolute atomic E-state index is 0.0156. The Morgan fingerprint density at radius 2 is 1.79 bits per heavy atom. The summed E-state index contributed by atoms with van der Waals surface area (Å²) in [5.41, 5.74) is -0.291. The number of nitrogens with zero attached hydrogens (tertiary/aromatic N) is 1. The molecule has 0 unspecified atom stereocenters. The van der Waals surface area contributed by atoms with Crippen LogP contribution in [0.3, 0.4) is 0 Å². The van der Waals surface area contributed by atoms with Gasteiger partial charge >= 0.3 is 5.97 Å². The predicted molar refractivity (Wildman–Crippen MR) is 120 cm³/mol. The Hall–Kier alpha value is -3.04. The van der Waals surface area contributed by atoms with E-state index < -0.39 is 58.5 Å². The number of amides is 2. The zero-order chi connectivity index (χ0) is 25.3. The molecular formula is C23H34FN3O6. The Kier molecular flexibility index (Phi) is 10.4. The third kappa shape index (κ3) is 9.55. The van der Waals surface area contributed by atoms with E-state index in [0.717, 1.165) is 0 Å². The largest absolute Gasteiger partial charge is 0.467 e. The maximum absolute atomic E-state index is 13.5. The van der Waals surface area contributed by atoms with E-state index in [9.17, 15) is 28.9 Å². The average Bonchev–Trinajstić information content (AvgIpc) is 2.68. The number of halogens is 1. The van der Waals surface area contributed by atoms with Crippen LogP contribution in [0.5, 0.6) is 0 Å². The second-order valence-corrected chi connectivity index (χ2v) is 9.57. The van der Waals surface area contributed by atoms with Crippen molar-refractivity contribution in [2.45, 2.75) is 59.5 Å². The summed E-state index contributed by atoms with van der Waals surface area (Å²) in [5.74, 6) is -3.32. The Bertz CT molecular complexity index is 853. The molecule has 1 aromatic rings. The fourth-order valence-corrected chi connectivity index (χ4v) is 3.44. The van der Waals surface area contributed by atoms with Gasteiger partial charge in [0.1, 0.15) is 23.8 Å². The molecule has 3 atom stereocenters. The van der Waals surface area contributed by atoms with E-state index in [-0.39, 0.29) is 18.8 Å². The van der Waals surface area contributed by atoms with Gasteiger partial charge in [-0.1, -0.05) is 46.8 Å². The lowest BCUT2D eigenvalue weighted by Gasteiger charge is -2.32. The number of methoxy groups -OCH3 is 1. The molecule has 2 N–H and O–H groups in total. The molecular weight excluding hydrogens is 433 g/mol. The van der Waals surface area contributed by atoms with Crippen LogP contribution in [0.25, 0.3) is 0 Å². The van der Waals surface area contributed by atoms with Crippen LogP contribution in [0.4, 0.5) is 4.39 Å². The van der Waals surface area contributed by atoms with Crippen LogP contribution in [-0.4, -0.2) is 48.4 Å². The minimum atomic E-state index is -1.11. The first kappa shape index (κ1) is 28.0. The van der Waals surface area contributed by atoms with E-state index in [0.29, 0.717) is 5.56 Å². The summed E-state index contributed by atoms with van der Waals surface area (Å²) in [4.78, 5) is 48.8. The molecule has 0 saturated heterocycles. The molecule has 0 bridgehead atoms. The van der Waals surface area contributed by atoms with Crippen molar-refractivity contribution in [3.63, 3.8) is 0 Å². The summed E-state index contributed by atoms with van der Waals surface area (Å²) in [7, 11) is 1.17. The number of carbonyl (C=O) groups is 3. The van der Waals surface area contributed by atoms with Crippen molar-refractivity contribution >= 4 is 17.8 Å². The summed E-state index contributed by atoms with van der Waals surface area (Å²) in [6, 6.07) is 3.42.